The summed E-state index contributed by atoms with van der Waals surface area (Å²) in [6, 6.07) is 8.25. The predicted molar refractivity (Wildman–Crippen MR) is 98.6 cm³/mol. The Morgan fingerprint density at radius 2 is 2.21 bits per heavy atom. The van der Waals surface area contributed by atoms with Crippen LogP contribution in [0.5, 0.6) is 0 Å². The van der Waals surface area contributed by atoms with Gasteiger partial charge in [0.15, 0.2) is 0 Å². The smallest absolute Gasteiger partial charge is 0.410 e. The van der Waals surface area contributed by atoms with E-state index in [2.05, 4.69) is 21.8 Å². The van der Waals surface area contributed by atoms with Crippen molar-refractivity contribution in [3.63, 3.8) is 0 Å². The zero-order valence-electron chi connectivity index (χ0n) is 14.5. The summed E-state index contributed by atoms with van der Waals surface area (Å²) in [6.45, 7) is 8.06. The minimum atomic E-state index is -0.443. The van der Waals surface area contributed by atoms with Gasteiger partial charge in [0, 0.05) is 25.0 Å². The minimum Gasteiger partial charge on any atom is -0.444 e. The molecule has 1 N–H and O–H groups in total. The molecule has 2 heterocycles. The van der Waals surface area contributed by atoms with Crippen molar-refractivity contribution in [3.8, 4) is 0 Å². The predicted octanol–water partition coefficient (Wildman–Crippen LogP) is 4.36. The maximum Gasteiger partial charge on any atom is 0.410 e. The molecular formula is C18H25N3O2S. The number of fused-ring (bicyclic) bond motifs is 1. The number of benzene rings is 1. The van der Waals surface area contributed by atoms with Crippen molar-refractivity contribution in [1.29, 1.82) is 0 Å². The molecule has 1 aromatic carbocycles. The van der Waals surface area contributed by atoms with Crippen LogP contribution < -0.4 is 5.32 Å². The number of carbonyl (C=O) groups excluding carboxylic acids is 1. The quantitative estimate of drug-likeness (QED) is 0.896. The number of piperidine rings is 1. The number of aromatic nitrogens is 1. The first-order valence-electron chi connectivity index (χ1n) is 8.48. The highest BCUT2D eigenvalue weighted by Gasteiger charge is 2.27. The first kappa shape index (κ1) is 17.0. The van der Waals surface area contributed by atoms with Crippen molar-refractivity contribution < 1.29 is 9.53 Å². The van der Waals surface area contributed by atoms with Gasteiger partial charge in [0.2, 0.25) is 0 Å². The topological polar surface area (TPSA) is 54.5 Å². The fourth-order valence-electron chi connectivity index (χ4n) is 2.98. The first-order chi connectivity index (χ1) is 11.4. The third kappa shape index (κ3) is 4.17. The molecule has 3 rings (SSSR count). The van der Waals surface area contributed by atoms with E-state index in [0.717, 1.165) is 38.3 Å². The molecule has 0 saturated carbocycles. The van der Waals surface area contributed by atoms with Crippen LogP contribution >= 0.6 is 11.5 Å². The summed E-state index contributed by atoms with van der Waals surface area (Å²) in [7, 11) is 0. The Morgan fingerprint density at radius 3 is 3.00 bits per heavy atom. The Morgan fingerprint density at radius 1 is 1.42 bits per heavy atom. The Bertz CT molecular complexity index is 708. The Kier molecular flexibility index (Phi) is 4.94. The number of hydrogen-bond acceptors (Lipinski definition) is 5. The molecule has 24 heavy (non-hydrogen) atoms. The number of amides is 1. The Hall–Kier alpha value is -1.82. The molecule has 2 aromatic rings. The van der Waals surface area contributed by atoms with Crippen LogP contribution in [-0.2, 0) is 4.74 Å². The van der Waals surface area contributed by atoms with Crippen molar-refractivity contribution in [2.45, 2.75) is 39.2 Å². The van der Waals surface area contributed by atoms with Crippen LogP contribution in [0.2, 0.25) is 0 Å². The summed E-state index contributed by atoms with van der Waals surface area (Å²) in [4.78, 5) is 14.1. The molecule has 5 nitrogen and oxygen atoms in total. The summed E-state index contributed by atoms with van der Waals surface area (Å²) in [5, 5.41) is 4.63. The Labute approximate surface area is 147 Å². The number of ether oxygens (including phenoxy) is 1. The monoisotopic (exact) mass is 347 g/mol. The number of hydrogen-bond donors (Lipinski definition) is 1. The molecule has 6 heteroatoms. The van der Waals surface area contributed by atoms with Crippen molar-refractivity contribution in [2.24, 2.45) is 5.92 Å². The molecule has 130 valence electrons. The second-order valence-electron chi connectivity index (χ2n) is 7.34. The molecule has 0 aliphatic carbocycles. The maximum atomic E-state index is 12.2. The molecule has 1 saturated heterocycles. The first-order valence-corrected chi connectivity index (χ1v) is 9.26. The molecule has 0 radical (unpaired) electrons. The lowest BCUT2D eigenvalue weighted by atomic mass is 9.98. The van der Waals surface area contributed by atoms with Gasteiger partial charge in [-0.3, -0.25) is 0 Å². The van der Waals surface area contributed by atoms with Gasteiger partial charge >= 0.3 is 6.09 Å². The molecule has 1 aliphatic rings. The van der Waals surface area contributed by atoms with E-state index in [4.69, 9.17) is 4.74 Å². The highest BCUT2D eigenvalue weighted by Crippen LogP contribution is 2.27. The van der Waals surface area contributed by atoms with Crippen LogP contribution in [0.1, 0.15) is 33.6 Å². The number of nitrogens with one attached hydrogen (secondary N) is 1. The fourth-order valence-corrected chi connectivity index (χ4v) is 3.73. The van der Waals surface area contributed by atoms with Gasteiger partial charge in [0.1, 0.15) is 11.4 Å². The van der Waals surface area contributed by atoms with Crippen molar-refractivity contribution in [3.05, 3.63) is 24.3 Å². The van der Waals surface area contributed by atoms with Gasteiger partial charge in [0.25, 0.3) is 0 Å². The standard InChI is InChI=1S/C18H25N3O2S/c1-18(2,3)23-17(22)21-10-6-7-13(12-21)11-19-16-14-8-4-5-9-15(14)24-20-16/h4-5,8-9,13H,6-7,10-12H2,1-3H3,(H,19,20)/t13-/m1/s1. The van der Waals surface area contributed by atoms with Crippen molar-refractivity contribution in [1.82, 2.24) is 9.27 Å². The van der Waals surface area contributed by atoms with E-state index in [1.165, 1.54) is 21.6 Å². The number of carbonyl (C=O) groups is 1. The van der Waals surface area contributed by atoms with Gasteiger partial charge in [0.05, 0.1) is 4.70 Å². The van der Waals surface area contributed by atoms with Crippen LogP contribution in [0.15, 0.2) is 24.3 Å². The molecule has 0 spiro atoms. The zero-order chi connectivity index (χ0) is 17.2. The van der Waals surface area contributed by atoms with E-state index < -0.39 is 5.60 Å². The van der Waals surface area contributed by atoms with E-state index in [1.54, 1.807) is 0 Å². The van der Waals surface area contributed by atoms with Gasteiger partial charge in [-0.25, -0.2) is 4.79 Å². The third-order valence-electron chi connectivity index (χ3n) is 4.11. The number of likely N-dealkylation sites (tertiary alicyclic amines) is 1. The van der Waals surface area contributed by atoms with Crippen molar-refractivity contribution >= 4 is 33.5 Å². The van der Waals surface area contributed by atoms with Crippen LogP contribution in [0.4, 0.5) is 10.6 Å². The number of rotatable bonds is 3. The van der Waals surface area contributed by atoms with E-state index >= 15 is 0 Å². The van der Waals surface area contributed by atoms with Crippen LogP contribution in [0.25, 0.3) is 10.1 Å². The fraction of sp³-hybridized carbons (Fsp3) is 0.556. The lowest BCUT2D eigenvalue weighted by Crippen LogP contribution is -2.44. The molecule has 1 aliphatic heterocycles. The van der Waals surface area contributed by atoms with Gasteiger partial charge in [-0.15, -0.1) is 0 Å². The molecule has 0 bridgehead atoms. The summed E-state index contributed by atoms with van der Waals surface area (Å²) in [5.41, 5.74) is -0.443. The normalized spacial score (nSPS) is 18.6. The summed E-state index contributed by atoms with van der Waals surface area (Å²) >= 11 is 1.52. The Balaban J connectivity index is 1.57. The van der Waals surface area contributed by atoms with E-state index in [0.29, 0.717) is 5.92 Å². The second-order valence-corrected chi connectivity index (χ2v) is 8.15. The van der Waals surface area contributed by atoms with Gasteiger partial charge < -0.3 is 15.0 Å². The number of nitrogens with zero attached hydrogens (tertiary/aromatic N) is 2. The zero-order valence-corrected chi connectivity index (χ0v) is 15.4. The third-order valence-corrected chi connectivity index (χ3v) is 4.93. The summed E-state index contributed by atoms with van der Waals surface area (Å²) < 4.78 is 11.2. The van der Waals surface area contributed by atoms with E-state index in [1.807, 2.05) is 37.8 Å². The second kappa shape index (κ2) is 6.97. The van der Waals surface area contributed by atoms with Gasteiger partial charge in [-0.2, -0.15) is 4.37 Å². The average molecular weight is 347 g/mol. The minimum absolute atomic E-state index is 0.202. The van der Waals surface area contributed by atoms with Crippen molar-refractivity contribution in [2.75, 3.05) is 25.0 Å². The summed E-state index contributed by atoms with van der Waals surface area (Å²) in [6.07, 6.45) is 1.93. The molecule has 1 atom stereocenters. The molecule has 1 fully saturated rings. The highest BCUT2D eigenvalue weighted by molar-refractivity contribution is 7.13. The van der Waals surface area contributed by atoms with Gasteiger partial charge in [-0.05, 0) is 63.2 Å². The van der Waals surface area contributed by atoms with Crippen LogP contribution in [0, 0.1) is 5.92 Å². The lowest BCUT2D eigenvalue weighted by Gasteiger charge is -2.34. The maximum absolute atomic E-state index is 12.2. The van der Waals surface area contributed by atoms with Gasteiger partial charge in [-0.1, -0.05) is 12.1 Å². The average Bonchev–Trinajstić information content (AvgIpc) is 2.95. The molecule has 1 aromatic heterocycles. The molecule has 0 unspecified atom stereocenters. The molecule has 1 amide bonds. The molecular weight excluding hydrogens is 322 g/mol. The SMILES string of the molecule is CC(C)(C)OC(=O)N1CCC[C@H](CNc2nsc3ccccc23)C1. The van der Waals surface area contributed by atoms with Crippen LogP contribution in [0.3, 0.4) is 0 Å². The summed E-state index contributed by atoms with van der Waals surface area (Å²) in [5.74, 6) is 1.37. The number of anilines is 1. The van der Waals surface area contributed by atoms with E-state index in [-0.39, 0.29) is 6.09 Å². The lowest BCUT2D eigenvalue weighted by molar-refractivity contribution is 0.0172. The largest absolute Gasteiger partial charge is 0.444 e. The highest BCUT2D eigenvalue weighted by atomic mass is 32.1. The van der Waals surface area contributed by atoms with Crippen LogP contribution in [-0.4, -0.2) is 40.6 Å². The van der Waals surface area contributed by atoms with E-state index in [9.17, 15) is 4.79 Å².